The standard InChI is InChI=1S/C27H24N2O4/c30-23-13-14-25(26(16-23)33-24-8-4-5-20(15-24)18-29-27(31)32)28-17-19-9-11-22(12-10-19)21-6-2-1-3-7-21/h1-16,28-30H,17-18H2,(H,31,32). The van der Waals surface area contributed by atoms with Gasteiger partial charge in [-0.2, -0.15) is 0 Å². The third-order valence-electron chi connectivity index (χ3n) is 5.08. The molecule has 0 aliphatic heterocycles. The van der Waals surface area contributed by atoms with Crippen LogP contribution in [-0.4, -0.2) is 16.3 Å². The summed E-state index contributed by atoms with van der Waals surface area (Å²) in [4.78, 5) is 10.7. The van der Waals surface area contributed by atoms with Crippen LogP contribution in [0.4, 0.5) is 10.5 Å². The number of rotatable bonds is 8. The van der Waals surface area contributed by atoms with Crippen molar-refractivity contribution in [1.82, 2.24) is 5.32 Å². The van der Waals surface area contributed by atoms with E-state index in [2.05, 4.69) is 47.0 Å². The van der Waals surface area contributed by atoms with E-state index in [0.717, 1.165) is 22.4 Å². The first-order chi connectivity index (χ1) is 16.1. The van der Waals surface area contributed by atoms with Crippen molar-refractivity contribution in [1.29, 1.82) is 0 Å². The molecule has 0 spiro atoms. The highest BCUT2D eigenvalue weighted by molar-refractivity contribution is 5.65. The zero-order chi connectivity index (χ0) is 23.0. The number of hydrogen-bond acceptors (Lipinski definition) is 4. The van der Waals surface area contributed by atoms with Gasteiger partial charge in [-0.3, -0.25) is 0 Å². The Balaban J connectivity index is 1.45. The van der Waals surface area contributed by atoms with Crippen molar-refractivity contribution in [3.63, 3.8) is 0 Å². The SMILES string of the molecule is O=C(O)NCc1cccc(Oc2cc(O)ccc2NCc2ccc(-c3ccccc3)cc2)c1. The molecular formula is C27H24N2O4. The number of carboxylic acid groups (broad SMARTS) is 1. The van der Waals surface area contributed by atoms with Gasteiger partial charge in [-0.25, -0.2) is 4.79 Å². The maximum absolute atomic E-state index is 10.7. The molecule has 4 aromatic carbocycles. The van der Waals surface area contributed by atoms with E-state index in [-0.39, 0.29) is 12.3 Å². The molecule has 166 valence electrons. The summed E-state index contributed by atoms with van der Waals surface area (Å²) in [6.07, 6.45) is -1.09. The highest BCUT2D eigenvalue weighted by atomic mass is 16.5. The summed E-state index contributed by atoms with van der Waals surface area (Å²) in [5.74, 6) is 1.10. The lowest BCUT2D eigenvalue weighted by atomic mass is 10.0. The summed E-state index contributed by atoms with van der Waals surface area (Å²) < 4.78 is 6.01. The number of phenolic OH excluding ortho intramolecular Hbond substituents is 1. The van der Waals surface area contributed by atoms with E-state index in [1.807, 2.05) is 24.3 Å². The van der Waals surface area contributed by atoms with Gasteiger partial charge in [0.15, 0.2) is 5.75 Å². The lowest BCUT2D eigenvalue weighted by Gasteiger charge is -2.14. The van der Waals surface area contributed by atoms with Gasteiger partial charge in [0.25, 0.3) is 0 Å². The number of aromatic hydroxyl groups is 1. The Hall–Kier alpha value is -4.45. The number of carbonyl (C=O) groups is 1. The summed E-state index contributed by atoms with van der Waals surface area (Å²) in [5, 5.41) is 24.5. The topological polar surface area (TPSA) is 90.8 Å². The van der Waals surface area contributed by atoms with Crippen LogP contribution in [0, 0.1) is 0 Å². The minimum atomic E-state index is -1.09. The maximum Gasteiger partial charge on any atom is 0.404 e. The molecule has 0 aliphatic rings. The smallest absolute Gasteiger partial charge is 0.404 e. The van der Waals surface area contributed by atoms with Crippen LogP contribution in [0.25, 0.3) is 11.1 Å². The number of benzene rings is 4. The summed E-state index contributed by atoms with van der Waals surface area (Å²) in [5.41, 5.74) is 4.94. The van der Waals surface area contributed by atoms with Crippen LogP contribution in [0.15, 0.2) is 97.1 Å². The molecule has 0 atom stereocenters. The average molecular weight is 440 g/mol. The Morgan fingerprint density at radius 1 is 0.758 bits per heavy atom. The molecule has 1 amide bonds. The molecule has 6 nitrogen and oxygen atoms in total. The van der Waals surface area contributed by atoms with Gasteiger partial charge in [-0.05, 0) is 46.5 Å². The number of ether oxygens (including phenoxy) is 1. The highest BCUT2D eigenvalue weighted by Crippen LogP contribution is 2.33. The fourth-order valence-corrected chi connectivity index (χ4v) is 3.41. The Kier molecular flexibility index (Phi) is 6.75. The molecule has 6 heteroatoms. The minimum absolute atomic E-state index is 0.0893. The second-order valence-corrected chi connectivity index (χ2v) is 7.51. The van der Waals surface area contributed by atoms with Gasteiger partial charge in [0.2, 0.25) is 0 Å². The zero-order valence-electron chi connectivity index (χ0n) is 17.9. The van der Waals surface area contributed by atoms with Gasteiger partial charge in [0.1, 0.15) is 11.5 Å². The summed E-state index contributed by atoms with van der Waals surface area (Å²) in [7, 11) is 0. The molecule has 0 fully saturated rings. The van der Waals surface area contributed by atoms with Crippen molar-refractivity contribution in [2.24, 2.45) is 0 Å². The van der Waals surface area contributed by atoms with E-state index in [9.17, 15) is 9.90 Å². The van der Waals surface area contributed by atoms with E-state index in [1.54, 1.807) is 36.4 Å². The number of phenols is 1. The maximum atomic E-state index is 10.7. The molecule has 0 radical (unpaired) electrons. The van der Waals surface area contributed by atoms with Gasteiger partial charge in [0, 0.05) is 19.2 Å². The predicted octanol–water partition coefficient (Wildman–Crippen LogP) is 6.23. The second kappa shape index (κ2) is 10.2. The van der Waals surface area contributed by atoms with Crippen molar-refractivity contribution in [2.45, 2.75) is 13.1 Å². The molecule has 0 bridgehead atoms. The first-order valence-corrected chi connectivity index (χ1v) is 10.5. The molecule has 33 heavy (non-hydrogen) atoms. The fraction of sp³-hybridized carbons (Fsp3) is 0.0741. The number of amides is 1. The van der Waals surface area contributed by atoms with E-state index in [4.69, 9.17) is 9.84 Å². The van der Waals surface area contributed by atoms with Gasteiger partial charge in [0.05, 0.1) is 5.69 Å². The quantitative estimate of drug-likeness (QED) is 0.244. The first kappa shape index (κ1) is 21.8. The Morgan fingerprint density at radius 2 is 1.52 bits per heavy atom. The molecule has 4 N–H and O–H groups in total. The van der Waals surface area contributed by atoms with Crippen molar-refractivity contribution in [3.05, 3.63) is 108 Å². The molecule has 0 aliphatic carbocycles. The summed E-state index contributed by atoms with van der Waals surface area (Å²) >= 11 is 0. The van der Waals surface area contributed by atoms with E-state index < -0.39 is 6.09 Å². The molecule has 0 saturated carbocycles. The normalized spacial score (nSPS) is 10.4. The number of hydrogen-bond donors (Lipinski definition) is 4. The van der Waals surface area contributed by atoms with Gasteiger partial charge in [-0.1, -0.05) is 66.7 Å². The van der Waals surface area contributed by atoms with Crippen molar-refractivity contribution >= 4 is 11.8 Å². The van der Waals surface area contributed by atoms with E-state index in [1.165, 1.54) is 5.56 Å². The third-order valence-corrected chi connectivity index (χ3v) is 5.08. The highest BCUT2D eigenvalue weighted by Gasteiger charge is 2.08. The first-order valence-electron chi connectivity index (χ1n) is 10.5. The van der Waals surface area contributed by atoms with E-state index >= 15 is 0 Å². The zero-order valence-corrected chi connectivity index (χ0v) is 17.9. The van der Waals surface area contributed by atoms with Crippen molar-refractivity contribution < 1.29 is 19.7 Å². The molecule has 4 rings (SSSR count). The van der Waals surface area contributed by atoms with Crippen LogP contribution >= 0.6 is 0 Å². The second-order valence-electron chi connectivity index (χ2n) is 7.51. The minimum Gasteiger partial charge on any atom is -0.508 e. The van der Waals surface area contributed by atoms with Crippen LogP contribution < -0.4 is 15.4 Å². The van der Waals surface area contributed by atoms with Crippen LogP contribution in [0.2, 0.25) is 0 Å². The largest absolute Gasteiger partial charge is 0.508 e. The molecule has 0 heterocycles. The summed E-state index contributed by atoms with van der Waals surface area (Å²) in [6.45, 7) is 0.759. The van der Waals surface area contributed by atoms with Crippen LogP contribution in [0.3, 0.4) is 0 Å². The Morgan fingerprint density at radius 3 is 2.27 bits per heavy atom. The van der Waals surface area contributed by atoms with Gasteiger partial charge >= 0.3 is 6.09 Å². The van der Waals surface area contributed by atoms with Crippen molar-refractivity contribution in [3.8, 4) is 28.4 Å². The van der Waals surface area contributed by atoms with Gasteiger partial charge < -0.3 is 25.6 Å². The van der Waals surface area contributed by atoms with E-state index in [0.29, 0.717) is 18.0 Å². The summed E-state index contributed by atoms with van der Waals surface area (Å²) in [6, 6.07) is 30.6. The number of anilines is 1. The lowest BCUT2D eigenvalue weighted by molar-refractivity contribution is 0.194. The van der Waals surface area contributed by atoms with Crippen LogP contribution in [0.5, 0.6) is 17.2 Å². The number of nitrogens with one attached hydrogen (secondary N) is 2. The Bertz CT molecular complexity index is 1220. The van der Waals surface area contributed by atoms with Crippen LogP contribution in [0.1, 0.15) is 11.1 Å². The third kappa shape index (κ3) is 6.04. The average Bonchev–Trinajstić information content (AvgIpc) is 2.83. The molecule has 0 saturated heterocycles. The van der Waals surface area contributed by atoms with Crippen molar-refractivity contribution in [2.75, 3.05) is 5.32 Å². The fourth-order valence-electron chi connectivity index (χ4n) is 3.41. The lowest BCUT2D eigenvalue weighted by Crippen LogP contribution is -2.19. The van der Waals surface area contributed by atoms with Gasteiger partial charge in [-0.15, -0.1) is 0 Å². The monoisotopic (exact) mass is 440 g/mol. The molecule has 0 aromatic heterocycles. The Labute approximate surface area is 192 Å². The molecule has 0 unspecified atom stereocenters. The predicted molar refractivity (Wildman–Crippen MR) is 129 cm³/mol. The molecular weight excluding hydrogens is 416 g/mol. The van der Waals surface area contributed by atoms with Crippen LogP contribution in [-0.2, 0) is 13.1 Å². The molecule has 4 aromatic rings.